The van der Waals surface area contributed by atoms with Crippen molar-refractivity contribution in [2.45, 2.75) is 19.8 Å². The van der Waals surface area contributed by atoms with E-state index >= 15 is 0 Å². The molecule has 0 radical (unpaired) electrons. The Kier molecular flexibility index (Phi) is 5.90. The normalized spacial score (nSPS) is 16.0. The summed E-state index contributed by atoms with van der Waals surface area (Å²) < 4.78 is 0. The first-order valence-electron chi connectivity index (χ1n) is 9.38. The highest BCUT2D eigenvalue weighted by Crippen LogP contribution is 2.26. The number of fused-ring (bicyclic) bond motifs is 1. The minimum atomic E-state index is -0.745. The van der Waals surface area contributed by atoms with Crippen LogP contribution in [0.5, 0.6) is 0 Å². The van der Waals surface area contributed by atoms with Crippen LogP contribution in [0.1, 0.15) is 40.5 Å². The van der Waals surface area contributed by atoms with E-state index in [1.54, 1.807) is 4.90 Å². The minimum absolute atomic E-state index is 0.0271. The maximum Gasteiger partial charge on any atom is 0.270 e. The van der Waals surface area contributed by atoms with Crippen LogP contribution in [0.2, 0.25) is 0 Å². The van der Waals surface area contributed by atoms with Gasteiger partial charge in [-0.3, -0.25) is 34.2 Å². The van der Waals surface area contributed by atoms with E-state index in [0.717, 1.165) is 17.0 Å². The van der Waals surface area contributed by atoms with E-state index in [-0.39, 0.29) is 54.4 Å². The number of piperazine rings is 1. The molecule has 1 saturated heterocycles. The number of nitro groups is 1. The molecule has 2 heterocycles. The van der Waals surface area contributed by atoms with Gasteiger partial charge in [0, 0.05) is 51.2 Å². The minimum Gasteiger partial charge on any atom is -0.339 e. The number of non-ortho nitro benzene ring substituents is 1. The Balaban J connectivity index is 1.59. The van der Waals surface area contributed by atoms with Crippen molar-refractivity contribution in [2.24, 2.45) is 0 Å². The molecule has 2 aliphatic heterocycles. The van der Waals surface area contributed by atoms with Crippen LogP contribution in [0, 0.1) is 10.1 Å². The van der Waals surface area contributed by atoms with Crippen molar-refractivity contribution in [1.82, 2.24) is 14.7 Å². The molecule has 0 spiro atoms. The van der Waals surface area contributed by atoms with Crippen molar-refractivity contribution in [3.8, 4) is 0 Å². The van der Waals surface area contributed by atoms with Crippen LogP contribution in [0.15, 0.2) is 18.2 Å². The second kappa shape index (κ2) is 8.39. The zero-order valence-electron chi connectivity index (χ0n) is 16.3. The zero-order valence-corrected chi connectivity index (χ0v) is 16.3. The van der Waals surface area contributed by atoms with E-state index in [9.17, 15) is 34.1 Å². The van der Waals surface area contributed by atoms with Crippen molar-refractivity contribution in [2.75, 3.05) is 32.7 Å². The van der Waals surface area contributed by atoms with Gasteiger partial charge in [-0.25, -0.2) is 0 Å². The van der Waals surface area contributed by atoms with Gasteiger partial charge in [-0.2, -0.15) is 0 Å². The number of carbonyl (C=O) groups excluding carboxylic acids is 5. The van der Waals surface area contributed by atoms with E-state index in [2.05, 4.69) is 0 Å². The summed E-state index contributed by atoms with van der Waals surface area (Å²) in [7, 11) is 0. The highest BCUT2D eigenvalue weighted by Gasteiger charge is 2.39. The summed E-state index contributed by atoms with van der Waals surface area (Å²) in [6.45, 7) is 2.05. The van der Waals surface area contributed by atoms with E-state index in [1.807, 2.05) is 0 Å². The number of Topliss-reactive ketones (excluding diaryl/α,β-unsaturated/α-hetero) is 1. The summed E-state index contributed by atoms with van der Waals surface area (Å²) in [6.07, 6.45) is 0.306. The number of rotatable bonds is 6. The van der Waals surface area contributed by atoms with Crippen molar-refractivity contribution < 1.29 is 28.9 Å². The van der Waals surface area contributed by atoms with Crippen molar-refractivity contribution >= 4 is 35.1 Å². The molecule has 0 unspecified atom stereocenters. The molecule has 3 rings (SSSR count). The quantitative estimate of drug-likeness (QED) is 0.367. The summed E-state index contributed by atoms with van der Waals surface area (Å²) >= 11 is 0. The second-order valence-corrected chi connectivity index (χ2v) is 7.15. The average molecular weight is 416 g/mol. The van der Waals surface area contributed by atoms with E-state index in [4.69, 9.17) is 0 Å². The summed E-state index contributed by atoms with van der Waals surface area (Å²) in [4.78, 5) is 74.7. The van der Waals surface area contributed by atoms with Gasteiger partial charge in [0.15, 0.2) is 0 Å². The Labute approximate surface area is 171 Å². The molecule has 1 aromatic carbocycles. The van der Waals surface area contributed by atoms with Crippen LogP contribution in [-0.4, -0.2) is 81.8 Å². The van der Waals surface area contributed by atoms with Crippen LogP contribution >= 0.6 is 0 Å². The molecular weight excluding hydrogens is 396 g/mol. The standard InChI is InChI=1S/C19H20N4O7/c1-12(24)2-5-16(25)20-6-8-21(9-7-20)17(26)11-22-18(27)14-4-3-13(23(29)30)10-15(14)19(22)28/h3-4,10H,2,5-9,11H2,1H3. The molecule has 0 N–H and O–H groups in total. The van der Waals surface area contributed by atoms with Gasteiger partial charge >= 0.3 is 0 Å². The summed E-state index contributed by atoms with van der Waals surface area (Å²) in [5, 5.41) is 10.9. The maximum atomic E-state index is 12.6. The highest BCUT2D eigenvalue weighted by molar-refractivity contribution is 6.22. The molecule has 30 heavy (non-hydrogen) atoms. The number of imide groups is 1. The van der Waals surface area contributed by atoms with Gasteiger partial charge in [-0.05, 0) is 13.0 Å². The van der Waals surface area contributed by atoms with Crippen molar-refractivity contribution in [3.63, 3.8) is 0 Å². The van der Waals surface area contributed by atoms with Crippen LogP contribution in [0.4, 0.5) is 5.69 Å². The molecule has 11 heteroatoms. The first kappa shape index (κ1) is 21.1. The number of nitrogens with zero attached hydrogens (tertiary/aromatic N) is 4. The zero-order chi connectivity index (χ0) is 22.0. The third kappa shape index (κ3) is 4.19. The molecule has 0 bridgehead atoms. The average Bonchev–Trinajstić information content (AvgIpc) is 2.96. The van der Waals surface area contributed by atoms with Gasteiger partial charge < -0.3 is 14.6 Å². The molecule has 0 aromatic heterocycles. The molecule has 1 fully saturated rings. The lowest BCUT2D eigenvalue weighted by atomic mass is 10.1. The molecule has 4 amide bonds. The lowest BCUT2D eigenvalue weighted by Gasteiger charge is -2.35. The van der Waals surface area contributed by atoms with Crippen LogP contribution in [0.25, 0.3) is 0 Å². The maximum absolute atomic E-state index is 12.6. The van der Waals surface area contributed by atoms with Crippen LogP contribution in [0.3, 0.4) is 0 Å². The third-order valence-corrected chi connectivity index (χ3v) is 5.13. The third-order valence-electron chi connectivity index (χ3n) is 5.13. The Morgan fingerprint density at radius 1 is 0.933 bits per heavy atom. The first-order valence-corrected chi connectivity index (χ1v) is 9.38. The monoisotopic (exact) mass is 416 g/mol. The summed E-state index contributed by atoms with van der Waals surface area (Å²) in [5.74, 6) is -2.08. The number of hydrogen-bond acceptors (Lipinski definition) is 7. The predicted molar refractivity (Wildman–Crippen MR) is 102 cm³/mol. The Hall–Kier alpha value is -3.63. The van der Waals surface area contributed by atoms with Gasteiger partial charge in [0.1, 0.15) is 12.3 Å². The number of hydrogen-bond donors (Lipinski definition) is 0. The van der Waals surface area contributed by atoms with Gasteiger partial charge in [-0.15, -0.1) is 0 Å². The van der Waals surface area contributed by atoms with Crippen LogP contribution in [-0.2, 0) is 14.4 Å². The Morgan fingerprint density at radius 3 is 2.07 bits per heavy atom. The van der Waals surface area contributed by atoms with E-state index in [0.29, 0.717) is 13.1 Å². The van der Waals surface area contributed by atoms with Crippen molar-refractivity contribution in [3.05, 3.63) is 39.4 Å². The van der Waals surface area contributed by atoms with Gasteiger partial charge in [-0.1, -0.05) is 0 Å². The molecule has 0 aliphatic carbocycles. The second-order valence-electron chi connectivity index (χ2n) is 7.15. The topological polar surface area (TPSA) is 138 Å². The molecule has 0 atom stereocenters. The molecule has 2 aliphatic rings. The lowest BCUT2D eigenvalue weighted by molar-refractivity contribution is -0.384. The molecule has 0 saturated carbocycles. The Morgan fingerprint density at radius 2 is 1.50 bits per heavy atom. The molecule has 1 aromatic rings. The fourth-order valence-corrected chi connectivity index (χ4v) is 3.42. The summed E-state index contributed by atoms with van der Waals surface area (Å²) in [6, 6.07) is 3.38. The predicted octanol–water partition coefficient (Wildman–Crippen LogP) is 0.231. The highest BCUT2D eigenvalue weighted by atomic mass is 16.6. The Bertz CT molecular complexity index is 950. The number of benzene rings is 1. The molecular formula is C19H20N4O7. The summed E-state index contributed by atoms with van der Waals surface area (Å²) in [5.41, 5.74) is -0.379. The molecule has 158 valence electrons. The number of nitro benzene ring substituents is 1. The number of carbonyl (C=O) groups is 5. The fraction of sp³-hybridized carbons (Fsp3) is 0.421. The van der Waals surface area contributed by atoms with E-state index in [1.165, 1.54) is 17.9 Å². The van der Waals surface area contributed by atoms with Gasteiger partial charge in [0.05, 0.1) is 16.1 Å². The van der Waals surface area contributed by atoms with E-state index < -0.39 is 29.2 Å². The lowest BCUT2D eigenvalue weighted by Crippen LogP contribution is -2.53. The van der Waals surface area contributed by atoms with Gasteiger partial charge in [0.2, 0.25) is 11.8 Å². The smallest absolute Gasteiger partial charge is 0.270 e. The first-order chi connectivity index (χ1) is 14.2. The number of ketones is 1. The van der Waals surface area contributed by atoms with Gasteiger partial charge in [0.25, 0.3) is 17.5 Å². The molecule has 11 nitrogen and oxygen atoms in total. The fourth-order valence-electron chi connectivity index (χ4n) is 3.42. The van der Waals surface area contributed by atoms with Crippen molar-refractivity contribution in [1.29, 1.82) is 0 Å². The largest absolute Gasteiger partial charge is 0.339 e. The van der Waals surface area contributed by atoms with Crippen LogP contribution < -0.4 is 0 Å². The number of amides is 4. The SMILES string of the molecule is CC(=O)CCC(=O)N1CCN(C(=O)CN2C(=O)c3ccc([N+](=O)[O-])cc3C2=O)CC1.